The third-order valence-corrected chi connectivity index (χ3v) is 4.81. The number of likely N-dealkylation sites (tertiary alicyclic amines) is 1. The number of rotatable bonds is 4. The lowest BCUT2D eigenvalue weighted by Gasteiger charge is -2.35. The van der Waals surface area contributed by atoms with Gasteiger partial charge in [-0.15, -0.1) is 0 Å². The highest BCUT2D eigenvalue weighted by atomic mass is 19.1. The molecule has 0 aliphatic carbocycles. The first kappa shape index (κ1) is 16.6. The highest BCUT2D eigenvalue weighted by molar-refractivity contribution is 5.94. The molecule has 6 heteroatoms. The summed E-state index contributed by atoms with van der Waals surface area (Å²) < 4.78 is 15.7. The number of nitrogens with one attached hydrogen (secondary N) is 1. The fraction of sp³-hybridized carbons (Fsp3) is 0.444. The van der Waals surface area contributed by atoms with E-state index in [2.05, 4.69) is 19.8 Å². The van der Waals surface area contributed by atoms with Gasteiger partial charge in [-0.1, -0.05) is 6.07 Å². The molecule has 1 saturated heterocycles. The second-order valence-corrected chi connectivity index (χ2v) is 6.41. The van der Waals surface area contributed by atoms with Gasteiger partial charge in [-0.25, -0.2) is 9.37 Å². The van der Waals surface area contributed by atoms with Crippen LogP contribution in [0.5, 0.6) is 0 Å². The smallest absolute Gasteiger partial charge is 0.241 e. The van der Waals surface area contributed by atoms with Gasteiger partial charge in [0.15, 0.2) is 0 Å². The minimum absolute atomic E-state index is 0.0978. The maximum atomic E-state index is 13.6. The van der Waals surface area contributed by atoms with Gasteiger partial charge < -0.3 is 9.88 Å². The summed E-state index contributed by atoms with van der Waals surface area (Å²) in [6.07, 6.45) is 7.62. The molecule has 1 amide bonds. The number of amides is 1. The van der Waals surface area contributed by atoms with Crippen molar-refractivity contribution in [2.75, 3.05) is 18.4 Å². The predicted molar refractivity (Wildman–Crippen MR) is 91.3 cm³/mol. The van der Waals surface area contributed by atoms with Gasteiger partial charge in [0.05, 0.1) is 12.4 Å². The van der Waals surface area contributed by atoms with Crippen LogP contribution in [0.3, 0.4) is 0 Å². The van der Waals surface area contributed by atoms with Crippen molar-refractivity contribution in [3.8, 4) is 0 Å². The molecule has 1 aliphatic heterocycles. The molecule has 2 aromatic rings. The van der Waals surface area contributed by atoms with Crippen molar-refractivity contribution in [3.63, 3.8) is 0 Å². The molecule has 1 aromatic carbocycles. The lowest BCUT2D eigenvalue weighted by atomic mass is 10.0. The van der Waals surface area contributed by atoms with Crippen LogP contribution >= 0.6 is 0 Å². The van der Waals surface area contributed by atoms with Gasteiger partial charge in [0, 0.05) is 37.2 Å². The van der Waals surface area contributed by atoms with Crippen molar-refractivity contribution in [3.05, 3.63) is 48.3 Å². The Morgan fingerprint density at radius 2 is 2.12 bits per heavy atom. The number of nitrogens with zero attached hydrogens (tertiary/aromatic N) is 3. The van der Waals surface area contributed by atoms with Crippen LogP contribution in [0.1, 0.15) is 31.4 Å². The number of aryl methyl sites for hydroxylation is 1. The lowest BCUT2D eigenvalue weighted by Crippen LogP contribution is -2.46. The molecule has 128 valence electrons. The Morgan fingerprint density at radius 1 is 1.38 bits per heavy atom. The minimum Gasteiger partial charge on any atom is -0.334 e. The lowest BCUT2D eigenvalue weighted by molar-refractivity contribution is -0.121. The molecule has 0 unspecified atom stereocenters. The maximum absolute atomic E-state index is 13.6. The molecule has 0 bridgehead atoms. The number of carbonyl (C=O) groups excluding carboxylic acids is 1. The number of imidazole rings is 1. The Labute approximate surface area is 141 Å². The van der Waals surface area contributed by atoms with Crippen LogP contribution in [0.4, 0.5) is 10.1 Å². The first-order valence-electron chi connectivity index (χ1n) is 8.33. The average Bonchev–Trinajstić information content (AvgIpc) is 3.12. The standard InChI is InChI=1S/C18H23FN4O/c1-13-3-4-15(11-17(13)19)21-18(24)14(2)22-8-5-16(6-9-22)23-10-7-20-12-23/h3-4,7,10-12,14,16H,5-6,8-9H2,1-2H3,(H,21,24)/t14-/m1/s1. The third kappa shape index (κ3) is 3.64. The fourth-order valence-corrected chi connectivity index (χ4v) is 3.14. The van der Waals surface area contributed by atoms with E-state index in [-0.39, 0.29) is 17.8 Å². The highest BCUT2D eigenvalue weighted by Gasteiger charge is 2.27. The summed E-state index contributed by atoms with van der Waals surface area (Å²) in [6, 6.07) is 4.98. The fourth-order valence-electron chi connectivity index (χ4n) is 3.14. The molecule has 0 saturated carbocycles. The summed E-state index contributed by atoms with van der Waals surface area (Å²) in [6.45, 7) is 5.32. The minimum atomic E-state index is -0.304. The van der Waals surface area contributed by atoms with E-state index in [1.54, 1.807) is 25.3 Å². The maximum Gasteiger partial charge on any atom is 0.241 e. The topological polar surface area (TPSA) is 50.2 Å². The molecule has 24 heavy (non-hydrogen) atoms. The Kier molecular flexibility index (Phi) is 4.94. The predicted octanol–water partition coefficient (Wildman–Crippen LogP) is 2.99. The zero-order valence-corrected chi connectivity index (χ0v) is 14.1. The molecule has 5 nitrogen and oxygen atoms in total. The van der Waals surface area contributed by atoms with Crippen LogP contribution in [0.25, 0.3) is 0 Å². The number of hydrogen-bond donors (Lipinski definition) is 1. The van der Waals surface area contributed by atoms with Gasteiger partial charge >= 0.3 is 0 Å². The second-order valence-electron chi connectivity index (χ2n) is 6.41. The van der Waals surface area contributed by atoms with E-state index in [9.17, 15) is 9.18 Å². The summed E-state index contributed by atoms with van der Waals surface area (Å²) in [4.78, 5) is 18.7. The Morgan fingerprint density at radius 3 is 2.75 bits per heavy atom. The molecule has 3 rings (SSSR count). The number of hydrogen-bond acceptors (Lipinski definition) is 3. The Hall–Kier alpha value is -2.21. The summed E-state index contributed by atoms with van der Waals surface area (Å²) in [5.74, 6) is -0.402. The molecule has 1 atom stereocenters. The van der Waals surface area contributed by atoms with Gasteiger partial charge in [0.25, 0.3) is 0 Å². The normalized spacial score (nSPS) is 17.6. The molecule has 0 spiro atoms. The van der Waals surface area contributed by atoms with Crippen molar-refractivity contribution in [1.29, 1.82) is 0 Å². The number of carbonyl (C=O) groups is 1. The van der Waals surface area contributed by atoms with E-state index in [1.165, 1.54) is 6.07 Å². The zero-order chi connectivity index (χ0) is 17.1. The van der Waals surface area contributed by atoms with Crippen molar-refractivity contribution in [2.24, 2.45) is 0 Å². The van der Waals surface area contributed by atoms with Crippen molar-refractivity contribution in [1.82, 2.24) is 14.5 Å². The van der Waals surface area contributed by atoms with Crippen LogP contribution in [0.2, 0.25) is 0 Å². The van der Waals surface area contributed by atoms with Gasteiger partial charge in [0.1, 0.15) is 5.82 Å². The number of halogens is 1. The first-order chi connectivity index (χ1) is 11.5. The molecule has 2 heterocycles. The van der Waals surface area contributed by atoms with E-state index in [0.717, 1.165) is 25.9 Å². The van der Waals surface area contributed by atoms with Crippen LogP contribution in [-0.4, -0.2) is 39.5 Å². The summed E-state index contributed by atoms with van der Waals surface area (Å²) in [5, 5.41) is 2.81. The summed E-state index contributed by atoms with van der Waals surface area (Å²) in [5.41, 5.74) is 1.07. The van der Waals surface area contributed by atoms with Crippen LogP contribution in [-0.2, 0) is 4.79 Å². The Balaban J connectivity index is 1.55. The molecular formula is C18H23FN4O. The van der Waals surface area contributed by atoms with Crippen molar-refractivity contribution < 1.29 is 9.18 Å². The molecule has 1 aromatic heterocycles. The van der Waals surface area contributed by atoms with E-state index in [0.29, 0.717) is 17.3 Å². The van der Waals surface area contributed by atoms with E-state index >= 15 is 0 Å². The molecule has 1 N–H and O–H groups in total. The van der Waals surface area contributed by atoms with E-state index in [1.807, 2.05) is 19.4 Å². The SMILES string of the molecule is Cc1ccc(NC(=O)[C@@H](C)N2CCC(n3ccnc3)CC2)cc1F. The number of benzene rings is 1. The molecule has 1 aliphatic rings. The number of anilines is 1. The largest absolute Gasteiger partial charge is 0.334 e. The van der Waals surface area contributed by atoms with Crippen molar-refractivity contribution in [2.45, 2.75) is 38.8 Å². The Bertz CT molecular complexity index is 693. The highest BCUT2D eigenvalue weighted by Crippen LogP contribution is 2.23. The van der Waals surface area contributed by atoms with Gasteiger partial charge in [-0.2, -0.15) is 0 Å². The molecule has 0 radical (unpaired) electrons. The summed E-state index contributed by atoms with van der Waals surface area (Å²) >= 11 is 0. The summed E-state index contributed by atoms with van der Waals surface area (Å²) in [7, 11) is 0. The zero-order valence-electron chi connectivity index (χ0n) is 14.1. The first-order valence-corrected chi connectivity index (χ1v) is 8.33. The third-order valence-electron chi connectivity index (χ3n) is 4.81. The average molecular weight is 330 g/mol. The van der Waals surface area contributed by atoms with E-state index in [4.69, 9.17) is 0 Å². The van der Waals surface area contributed by atoms with Gasteiger partial charge in [-0.05, 0) is 44.4 Å². The number of piperidine rings is 1. The van der Waals surface area contributed by atoms with Crippen LogP contribution in [0.15, 0.2) is 36.9 Å². The molecule has 1 fully saturated rings. The van der Waals surface area contributed by atoms with E-state index < -0.39 is 0 Å². The van der Waals surface area contributed by atoms with Crippen LogP contribution in [0, 0.1) is 12.7 Å². The second kappa shape index (κ2) is 7.13. The quantitative estimate of drug-likeness (QED) is 0.937. The monoisotopic (exact) mass is 330 g/mol. The number of aromatic nitrogens is 2. The molecular weight excluding hydrogens is 307 g/mol. The van der Waals surface area contributed by atoms with Crippen LogP contribution < -0.4 is 5.32 Å². The van der Waals surface area contributed by atoms with Crippen molar-refractivity contribution >= 4 is 11.6 Å². The van der Waals surface area contributed by atoms with Gasteiger partial charge in [0.2, 0.25) is 5.91 Å². The van der Waals surface area contributed by atoms with Gasteiger partial charge in [-0.3, -0.25) is 9.69 Å².